The number of nitrogens with zero attached hydrogens (tertiary/aromatic N) is 5. The molecule has 2 fully saturated rings. The van der Waals surface area contributed by atoms with Gasteiger partial charge in [-0.25, -0.2) is 9.37 Å². The van der Waals surface area contributed by atoms with E-state index in [-0.39, 0.29) is 23.3 Å². The van der Waals surface area contributed by atoms with Crippen LogP contribution in [0.5, 0.6) is 11.8 Å². The van der Waals surface area contributed by atoms with Crippen molar-refractivity contribution in [2.24, 2.45) is 11.1 Å². The fraction of sp³-hybridized carbons (Fsp3) is 0.304. The van der Waals surface area contributed by atoms with Crippen LogP contribution in [0.15, 0.2) is 30.5 Å². The zero-order valence-corrected chi connectivity index (χ0v) is 17.9. The van der Waals surface area contributed by atoms with Crippen molar-refractivity contribution in [2.45, 2.75) is 18.9 Å². The van der Waals surface area contributed by atoms with Gasteiger partial charge in [0.05, 0.1) is 22.8 Å². The Morgan fingerprint density at radius 2 is 2.18 bits per heavy atom. The summed E-state index contributed by atoms with van der Waals surface area (Å²) in [7, 11) is 1.75. The maximum Gasteiger partial charge on any atom is 0.326 e. The van der Waals surface area contributed by atoms with Gasteiger partial charge < -0.3 is 25.7 Å². The number of nitrogens with two attached hydrogens (primary N) is 1. The number of nitriles is 1. The standard InChI is InChI=1S/C23H21FN8O/c1-27-16-7-12(24)6-15-18-20(29-19(15)16)30-22(33-14-3-2-13(8-25)28-9-14)31-21(18)32-10-23(11-32)5-4-17(23)26/h2-3,6-7,9,17,27H,4-5,10-11,26H2,1H3,(H,29,30,31)/t17-/m1/s1. The number of rotatable bonds is 4. The molecule has 4 heterocycles. The Labute approximate surface area is 188 Å². The largest absolute Gasteiger partial charge is 0.423 e. The van der Waals surface area contributed by atoms with E-state index in [9.17, 15) is 4.39 Å². The molecule has 1 saturated carbocycles. The molecular weight excluding hydrogens is 423 g/mol. The van der Waals surface area contributed by atoms with Gasteiger partial charge in [-0.1, -0.05) is 0 Å². The van der Waals surface area contributed by atoms with Gasteiger partial charge in [-0.05, 0) is 37.1 Å². The van der Waals surface area contributed by atoms with Gasteiger partial charge >= 0.3 is 6.01 Å². The topological polar surface area (TPSA) is 129 Å². The molecule has 1 spiro atoms. The van der Waals surface area contributed by atoms with E-state index in [4.69, 9.17) is 20.7 Å². The molecule has 0 bridgehead atoms. The average molecular weight is 444 g/mol. The van der Waals surface area contributed by atoms with Gasteiger partial charge in [0.2, 0.25) is 0 Å². The van der Waals surface area contributed by atoms with Crippen molar-refractivity contribution in [3.8, 4) is 17.8 Å². The molecule has 1 atom stereocenters. The molecule has 9 nitrogen and oxygen atoms in total. The molecule has 1 aromatic carbocycles. The molecule has 1 aliphatic heterocycles. The van der Waals surface area contributed by atoms with Gasteiger partial charge in [-0.3, -0.25) is 0 Å². The van der Waals surface area contributed by atoms with E-state index >= 15 is 0 Å². The van der Waals surface area contributed by atoms with Crippen molar-refractivity contribution in [1.82, 2.24) is 19.9 Å². The number of hydrogen-bond acceptors (Lipinski definition) is 8. The Kier molecular flexibility index (Phi) is 4.19. The number of anilines is 2. The summed E-state index contributed by atoms with van der Waals surface area (Å²) in [5.41, 5.74) is 8.63. The quantitative estimate of drug-likeness (QED) is 0.437. The molecule has 4 aromatic rings. The molecule has 1 aliphatic carbocycles. The maximum atomic E-state index is 14.4. The predicted octanol–water partition coefficient (Wildman–Crippen LogP) is 3.28. The highest BCUT2D eigenvalue weighted by Crippen LogP contribution is 2.50. The summed E-state index contributed by atoms with van der Waals surface area (Å²) in [6, 6.07) is 8.46. The third-order valence-electron chi connectivity index (χ3n) is 6.87. The molecule has 33 heavy (non-hydrogen) atoms. The van der Waals surface area contributed by atoms with E-state index in [2.05, 4.69) is 25.2 Å². The van der Waals surface area contributed by atoms with Crippen LogP contribution >= 0.6 is 0 Å². The van der Waals surface area contributed by atoms with Crippen LogP contribution in [-0.4, -0.2) is 46.1 Å². The van der Waals surface area contributed by atoms with E-state index in [0.29, 0.717) is 34.0 Å². The lowest BCUT2D eigenvalue weighted by Gasteiger charge is -2.60. The van der Waals surface area contributed by atoms with Gasteiger partial charge in [0.15, 0.2) is 0 Å². The zero-order chi connectivity index (χ0) is 22.7. The molecule has 0 amide bonds. The first-order valence-electron chi connectivity index (χ1n) is 10.7. The normalized spacial score (nSPS) is 18.7. The first kappa shape index (κ1) is 19.7. The highest BCUT2D eigenvalue weighted by molar-refractivity contribution is 6.14. The molecule has 6 rings (SSSR count). The smallest absolute Gasteiger partial charge is 0.326 e. The summed E-state index contributed by atoms with van der Waals surface area (Å²) in [6.45, 7) is 1.58. The Morgan fingerprint density at radius 3 is 2.82 bits per heavy atom. The van der Waals surface area contributed by atoms with E-state index in [1.165, 1.54) is 18.3 Å². The number of pyridine rings is 1. The Hall–Kier alpha value is -3.97. The molecular formula is C23H21FN8O. The van der Waals surface area contributed by atoms with Crippen LogP contribution in [0, 0.1) is 22.6 Å². The van der Waals surface area contributed by atoms with Crippen LogP contribution in [0.1, 0.15) is 18.5 Å². The first-order valence-corrected chi connectivity index (χ1v) is 10.7. The average Bonchev–Trinajstić information content (AvgIpc) is 3.15. The minimum absolute atomic E-state index is 0.128. The SMILES string of the molecule is CNc1cc(F)cc2c1[nH]c1nc(Oc3ccc(C#N)nc3)nc(N3CC4(CC[C@H]4N)C3)c12. The number of halogens is 1. The monoisotopic (exact) mass is 444 g/mol. The summed E-state index contributed by atoms with van der Waals surface area (Å²) < 4.78 is 20.3. The van der Waals surface area contributed by atoms with Crippen LogP contribution < -0.4 is 20.7 Å². The number of aromatic amines is 1. The molecule has 4 N–H and O–H groups in total. The van der Waals surface area contributed by atoms with E-state index in [1.807, 2.05) is 6.07 Å². The predicted molar refractivity (Wildman–Crippen MR) is 122 cm³/mol. The Morgan fingerprint density at radius 1 is 1.33 bits per heavy atom. The van der Waals surface area contributed by atoms with Gasteiger partial charge in [0, 0.05) is 37.0 Å². The molecule has 0 unspecified atom stereocenters. The third-order valence-corrected chi connectivity index (χ3v) is 6.87. The summed E-state index contributed by atoms with van der Waals surface area (Å²) >= 11 is 0. The second-order valence-electron chi connectivity index (χ2n) is 8.76. The fourth-order valence-corrected chi connectivity index (χ4v) is 4.88. The zero-order valence-electron chi connectivity index (χ0n) is 17.9. The van der Waals surface area contributed by atoms with Gasteiger partial charge in [0.1, 0.15) is 34.8 Å². The minimum atomic E-state index is -0.344. The molecule has 10 heteroatoms. The van der Waals surface area contributed by atoms with Gasteiger partial charge in [-0.15, -0.1) is 0 Å². The van der Waals surface area contributed by atoms with Crippen LogP contribution in [0.25, 0.3) is 21.9 Å². The van der Waals surface area contributed by atoms with Crippen molar-refractivity contribution < 1.29 is 9.13 Å². The summed E-state index contributed by atoms with van der Waals surface area (Å²) in [5, 5.41) is 13.4. The van der Waals surface area contributed by atoms with Crippen LogP contribution in [-0.2, 0) is 0 Å². The lowest BCUT2D eigenvalue weighted by molar-refractivity contribution is 0.0559. The van der Waals surface area contributed by atoms with Crippen molar-refractivity contribution in [3.63, 3.8) is 0 Å². The number of benzene rings is 1. The molecule has 0 radical (unpaired) electrons. The Bertz CT molecular complexity index is 1440. The second-order valence-corrected chi connectivity index (χ2v) is 8.76. The maximum absolute atomic E-state index is 14.4. The highest BCUT2D eigenvalue weighted by Gasteiger charge is 2.53. The van der Waals surface area contributed by atoms with E-state index in [1.54, 1.807) is 19.2 Å². The number of hydrogen-bond donors (Lipinski definition) is 3. The molecule has 2 aliphatic rings. The minimum Gasteiger partial charge on any atom is -0.423 e. The van der Waals surface area contributed by atoms with Gasteiger partial charge in [0.25, 0.3) is 0 Å². The van der Waals surface area contributed by atoms with E-state index in [0.717, 1.165) is 36.8 Å². The van der Waals surface area contributed by atoms with Crippen molar-refractivity contribution in [1.29, 1.82) is 5.26 Å². The third kappa shape index (κ3) is 2.97. The second kappa shape index (κ2) is 7.02. The van der Waals surface area contributed by atoms with E-state index < -0.39 is 0 Å². The summed E-state index contributed by atoms with van der Waals surface area (Å²) in [4.78, 5) is 18.8. The van der Waals surface area contributed by atoms with Crippen molar-refractivity contribution >= 4 is 33.4 Å². The number of fused-ring (bicyclic) bond motifs is 3. The van der Waals surface area contributed by atoms with Crippen LogP contribution in [0.3, 0.4) is 0 Å². The van der Waals surface area contributed by atoms with Crippen molar-refractivity contribution in [2.75, 3.05) is 30.4 Å². The van der Waals surface area contributed by atoms with Crippen molar-refractivity contribution in [3.05, 3.63) is 42.0 Å². The molecule has 3 aromatic heterocycles. The highest BCUT2D eigenvalue weighted by atomic mass is 19.1. The number of aromatic nitrogens is 4. The Balaban J connectivity index is 1.48. The number of H-pyrrole nitrogens is 1. The lowest BCUT2D eigenvalue weighted by Crippen LogP contribution is -2.69. The number of ether oxygens (including phenoxy) is 1. The molecule has 1 saturated heterocycles. The lowest BCUT2D eigenvalue weighted by atomic mass is 9.60. The summed E-state index contributed by atoms with van der Waals surface area (Å²) in [5.74, 6) is 0.752. The first-order chi connectivity index (χ1) is 16.0. The van der Waals surface area contributed by atoms with Gasteiger partial charge in [-0.2, -0.15) is 15.2 Å². The number of nitrogens with one attached hydrogen (secondary N) is 2. The fourth-order valence-electron chi connectivity index (χ4n) is 4.88. The summed E-state index contributed by atoms with van der Waals surface area (Å²) in [6.07, 6.45) is 3.60. The van der Waals surface area contributed by atoms with Crippen LogP contribution in [0.4, 0.5) is 15.9 Å². The van der Waals surface area contributed by atoms with Crippen LogP contribution in [0.2, 0.25) is 0 Å². The molecule has 166 valence electrons.